The van der Waals surface area contributed by atoms with E-state index in [0.717, 1.165) is 11.3 Å². The zero-order valence-electron chi connectivity index (χ0n) is 11.8. The monoisotopic (exact) mass is 282 g/mol. The van der Waals surface area contributed by atoms with Crippen LogP contribution in [0.2, 0.25) is 0 Å². The molecule has 0 saturated heterocycles. The number of hydrogen-bond acceptors (Lipinski definition) is 5. The van der Waals surface area contributed by atoms with Gasteiger partial charge in [0.2, 0.25) is 0 Å². The van der Waals surface area contributed by atoms with E-state index in [1.807, 2.05) is 13.0 Å². The van der Waals surface area contributed by atoms with Gasteiger partial charge in [-0.2, -0.15) is 5.26 Å². The second kappa shape index (κ2) is 6.53. The Morgan fingerprint density at radius 3 is 2.76 bits per heavy atom. The lowest BCUT2D eigenvalue weighted by Gasteiger charge is -2.10. The Bertz CT molecular complexity index is 705. The number of aryl methyl sites for hydroxylation is 1. The van der Waals surface area contributed by atoms with Crippen LogP contribution >= 0.6 is 0 Å². The van der Waals surface area contributed by atoms with Gasteiger partial charge < -0.3 is 9.47 Å². The summed E-state index contributed by atoms with van der Waals surface area (Å²) in [6, 6.07) is 10.7. The van der Waals surface area contributed by atoms with E-state index in [0.29, 0.717) is 23.3 Å². The quantitative estimate of drug-likeness (QED) is 0.788. The number of benzene rings is 1. The maximum Gasteiger partial charge on any atom is 0.172 e. The molecule has 5 nitrogen and oxygen atoms in total. The highest BCUT2D eigenvalue weighted by molar-refractivity contribution is 5.76. The van der Waals surface area contributed by atoms with Gasteiger partial charge in [-0.15, -0.1) is 0 Å². The predicted molar refractivity (Wildman–Crippen MR) is 76.4 cm³/mol. The van der Waals surface area contributed by atoms with E-state index in [1.54, 1.807) is 30.3 Å². The van der Waals surface area contributed by atoms with Gasteiger partial charge in [0.05, 0.1) is 12.7 Å². The third-order valence-electron chi connectivity index (χ3n) is 2.92. The summed E-state index contributed by atoms with van der Waals surface area (Å²) >= 11 is 0. The molecule has 0 radical (unpaired) electrons. The van der Waals surface area contributed by atoms with Crippen LogP contribution in [-0.2, 0) is 6.61 Å². The number of methoxy groups -OCH3 is 1. The summed E-state index contributed by atoms with van der Waals surface area (Å²) in [7, 11) is 1.51. The minimum Gasteiger partial charge on any atom is -0.495 e. The first-order valence-corrected chi connectivity index (χ1v) is 6.30. The molecular formula is C16H14N2O3. The highest BCUT2D eigenvalue weighted by Crippen LogP contribution is 2.21. The normalized spacial score (nSPS) is 9.76. The predicted octanol–water partition coefficient (Wildman–Crippen LogP) is 2.66. The molecule has 2 aromatic rings. The van der Waals surface area contributed by atoms with Crippen LogP contribution in [0.1, 0.15) is 27.3 Å². The Morgan fingerprint density at radius 2 is 2.10 bits per heavy atom. The van der Waals surface area contributed by atoms with Crippen LogP contribution in [0.4, 0.5) is 0 Å². The molecule has 106 valence electrons. The van der Waals surface area contributed by atoms with Gasteiger partial charge in [-0.05, 0) is 36.8 Å². The number of ether oxygens (including phenoxy) is 2. The first-order chi connectivity index (χ1) is 10.2. The van der Waals surface area contributed by atoms with E-state index in [-0.39, 0.29) is 12.3 Å². The number of aromatic nitrogens is 1. The lowest BCUT2D eigenvalue weighted by atomic mass is 10.1. The second-order valence-corrected chi connectivity index (χ2v) is 4.39. The first-order valence-electron chi connectivity index (χ1n) is 6.30. The number of aldehydes is 1. The molecule has 0 unspecified atom stereocenters. The number of carbonyl (C=O) groups excluding carboxylic acids is 1. The van der Waals surface area contributed by atoms with Crippen LogP contribution in [0.25, 0.3) is 0 Å². The standard InChI is InChI=1S/C16H14N2O3/c1-11-3-6-15(14(9-19)18-11)21-10-12-4-5-13(8-17)16(7-12)20-2/h3-7,9H,10H2,1-2H3. The van der Waals surface area contributed by atoms with Crippen LogP contribution < -0.4 is 9.47 Å². The van der Waals surface area contributed by atoms with Gasteiger partial charge in [-0.25, -0.2) is 4.98 Å². The van der Waals surface area contributed by atoms with Gasteiger partial charge in [-0.3, -0.25) is 4.79 Å². The van der Waals surface area contributed by atoms with E-state index < -0.39 is 0 Å². The topological polar surface area (TPSA) is 72.2 Å². The van der Waals surface area contributed by atoms with Gasteiger partial charge in [0.25, 0.3) is 0 Å². The maximum absolute atomic E-state index is 11.0. The molecule has 5 heteroatoms. The Hall–Kier alpha value is -2.87. The minimum absolute atomic E-state index is 0.258. The summed E-state index contributed by atoms with van der Waals surface area (Å²) in [5, 5.41) is 8.93. The fourth-order valence-electron chi connectivity index (χ4n) is 1.85. The molecule has 0 amide bonds. The maximum atomic E-state index is 11.0. The van der Waals surface area contributed by atoms with Crippen LogP contribution in [0.15, 0.2) is 30.3 Å². The molecule has 0 saturated carbocycles. The van der Waals surface area contributed by atoms with E-state index in [4.69, 9.17) is 14.7 Å². The van der Waals surface area contributed by atoms with Crippen molar-refractivity contribution in [3.63, 3.8) is 0 Å². The van der Waals surface area contributed by atoms with Gasteiger partial charge in [0.15, 0.2) is 6.29 Å². The van der Waals surface area contributed by atoms with E-state index in [2.05, 4.69) is 4.98 Å². The summed E-state index contributed by atoms with van der Waals surface area (Å²) in [5.41, 5.74) is 2.33. The van der Waals surface area contributed by atoms with Gasteiger partial charge in [0.1, 0.15) is 29.9 Å². The van der Waals surface area contributed by atoms with Crippen molar-refractivity contribution < 1.29 is 14.3 Å². The zero-order chi connectivity index (χ0) is 15.2. The van der Waals surface area contributed by atoms with Crippen molar-refractivity contribution in [2.45, 2.75) is 13.5 Å². The molecule has 21 heavy (non-hydrogen) atoms. The number of nitriles is 1. The Balaban J connectivity index is 2.17. The third kappa shape index (κ3) is 3.37. The highest BCUT2D eigenvalue weighted by atomic mass is 16.5. The van der Waals surface area contributed by atoms with Crippen molar-refractivity contribution >= 4 is 6.29 Å². The van der Waals surface area contributed by atoms with Crippen LogP contribution in [-0.4, -0.2) is 18.4 Å². The van der Waals surface area contributed by atoms with Crippen LogP contribution in [0, 0.1) is 18.3 Å². The fourth-order valence-corrected chi connectivity index (χ4v) is 1.85. The number of rotatable bonds is 5. The summed E-state index contributed by atoms with van der Waals surface area (Å²) in [6.07, 6.45) is 0.668. The molecule has 0 aliphatic rings. The van der Waals surface area contributed by atoms with E-state index in [9.17, 15) is 4.79 Å². The fraction of sp³-hybridized carbons (Fsp3) is 0.188. The molecule has 1 aromatic heterocycles. The minimum atomic E-state index is 0.258. The summed E-state index contributed by atoms with van der Waals surface area (Å²) in [4.78, 5) is 15.1. The Morgan fingerprint density at radius 1 is 1.29 bits per heavy atom. The van der Waals surface area contributed by atoms with Gasteiger partial charge in [0, 0.05) is 5.69 Å². The van der Waals surface area contributed by atoms with Crippen molar-refractivity contribution in [3.05, 3.63) is 52.8 Å². The molecule has 0 aliphatic heterocycles. The van der Waals surface area contributed by atoms with E-state index in [1.165, 1.54) is 7.11 Å². The Kier molecular flexibility index (Phi) is 4.52. The smallest absolute Gasteiger partial charge is 0.172 e. The molecular weight excluding hydrogens is 268 g/mol. The van der Waals surface area contributed by atoms with Crippen molar-refractivity contribution in [2.24, 2.45) is 0 Å². The molecule has 0 bridgehead atoms. The molecule has 0 spiro atoms. The van der Waals surface area contributed by atoms with Crippen LogP contribution in [0.3, 0.4) is 0 Å². The molecule has 1 aromatic carbocycles. The SMILES string of the molecule is COc1cc(COc2ccc(C)nc2C=O)ccc1C#N. The van der Waals surface area contributed by atoms with Gasteiger partial charge in [-0.1, -0.05) is 6.07 Å². The molecule has 0 N–H and O–H groups in total. The number of carbonyl (C=O) groups is 1. The average molecular weight is 282 g/mol. The van der Waals surface area contributed by atoms with Crippen molar-refractivity contribution in [1.29, 1.82) is 5.26 Å². The van der Waals surface area contributed by atoms with Crippen LogP contribution in [0.5, 0.6) is 11.5 Å². The van der Waals surface area contributed by atoms with Gasteiger partial charge >= 0.3 is 0 Å². The highest BCUT2D eigenvalue weighted by Gasteiger charge is 2.07. The molecule has 2 rings (SSSR count). The summed E-state index contributed by atoms with van der Waals surface area (Å²) < 4.78 is 10.8. The summed E-state index contributed by atoms with van der Waals surface area (Å²) in [6.45, 7) is 2.07. The summed E-state index contributed by atoms with van der Waals surface area (Å²) in [5.74, 6) is 0.926. The zero-order valence-corrected chi connectivity index (χ0v) is 11.8. The largest absolute Gasteiger partial charge is 0.495 e. The first kappa shape index (κ1) is 14.5. The number of pyridine rings is 1. The number of hydrogen-bond donors (Lipinski definition) is 0. The third-order valence-corrected chi connectivity index (χ3v) is 2.92. The Labute approximate surface area is 122 Å². The van der Waals surface area contributed by atoms with Crippen molar-refractivity contribution in [1.82, 2.24) is 4.98 Å². The van der Waals surface area contributed by atoms with Crippen molar-refractivity contribution in [2.75, 3.05) is 7.11 Å². The molecule has 0 aliphatic carbocycles. The lowest BCUT2D eigenvalue weighted by molar-refractivity contribution is 0.111. The lowest BCUT2D eigenvalue weighted by Crippen LogP contribution is -2.01. The second-order valence-electron chi connectivity index (χ2n) is 4.39. The van der Waals surface area contributed by atoms with Crippen molar-refractivity contribution in [3.8, 4) is 17.6 Å². The molecule has 0 atom stereocenters. The average Bonchev–Trinajstić information content (AvgIpc) is 2.53. The molecule has 1 heterocycles. The number of nitrogens with zero attached hydrogens (tertiary/aromatic N) is 2. The van der Waals surface area contributed by atoms with E-state index >= 15 is 0 Å². The molecule has 0 fully saturated rings.